The van der Waals surface area contributed by atoms with Gasteiger partial charge in [-0.15, -0.1) is 0 Å². The van der Waals surface area contributed by atoms with Crippen LogP contribution in [0.5, 0.6) is 0 Å². The number of amides is 1. The summed E-state index contributed by atoms with van der Waals surface area (Å²) in [5.41, 5.74) is 0. The zero-order valence-electron chi connectivity index (χ0n) is 15.7. The number of aliphatic hydroxyl groups is 1. The van der Waals surface area contributed by atoms with E-state index in [2.05, 4.69) is 10.6 Å². The van der Waals surface area contributed by atoms with E-state index in [1.54, 1.807) is 0 Å². The van der Waals surface area contributed by atoms with E-state index in [-0.39, 0.29) is 18.9 Å². The number of hydrogen-bond donors (Lipinski definition) is 8. The van der Waals surface area contributed by atoms with Crippen molar-refractivity contribution in [3.05, 3.63) is 0 Å². The molecule has 2 fully saturated rings. The molecule has 13 heteroatoms. The van der Waals surface area contributed by atoms with Crippen molar-refractivity contribution in [1.29, 1.82) is 0 Å². The van der Waals surface area contributed by atoms with E-state index in [0.717, 1.165) is 19.4 Å². The summed E-state index contributed by atoms with van der Waals surface area (Å²) in [6.07, 6.45) is 1.15. The van der Waals surface area contributed by atoms with Crippen molar-refractivity contribution >= 4 is 29.8 Å². The first kappa shape index (κ1) is 26.2. The predicted molar refractivity (Wildman–Crippen MR) is 96.2 cm³/mol. The predicted octanol–water partition coefficient (Wildman–Crippen LogP) is -2.33. The summed E-state index contributed by atoms with van der Waals surface area (Å²) >= 11 is 0. The Bertz CT molecular complexity index is 557. The van der Waals surface area contributed by atoms with Crippen LogP contribution in [0.1, 0.15) is 32.1 Å². The molecule has 13 nitrogen and oxygen atoms in total. The number of aliphatic carboxylic acids is 4. The smallest absolute Gasteiger partial charge is 0.322 e. The maximum absolute atomic E-state index is 10.6. The number of carbonyl (C=O) groups excluding carboxylic acids is 1. The maximum Gasteiger partial charge on any atom is 0.322 e. The van der Waals surface area contributed by atoms with E-state index in [9.17, 15) is 24.0 Å². The van der Waals surface area contributed by atoms with E-state index in [0.29, 0.717) is 13.0 Å². The van der Waals surface area contributed by atoms with Gasteiger partial charge in [-0.2, -0.15) is 0 Å². The molecule has 1 amide bonds. The molecule has 0 spiro atoms. The molecule has 0 radical (unpaired) electrons. The maximum atomic E-state index is 10.6. The standard InChI is InChI=1S/C6H9NO5.C5H9NO3.C5H9NO2/c8-4(1-2-5(9)10)7-3-6(11)12;7-3-1-4(5(8)9)6-2-3;7-5(8)4-2-1-3-6-4/h1-3H2,(H,7,8)(H,9,10)(H,11,12);3-4,6-7H,1-2H2,(H,8,9);4,6H,1-3H2,(H,7,8)/t;3-,4+;4-/m.10/s1. The Hall–Kier alpha value is -2.77. The van der Waals surface area contributed by atoms with Gasteiger partial charge in [-0.05, 0) is 19.4 Å². The summed E-state index contributed by atoms with van der Waals surface area (Å²) in [4.78, 5) is 50.8. The Morgan fingerprint density at radius 3 is 1.79 bits per heavy atom. The largest absolute Gasteiger partial charge is 0.481 e. The van der Waals surface area contributed by atoms with Gasteiger partial charge >= 0.3 is 23.9 Å². The van der Waals surface area contributed by atoms with Crippen molar-refractivity contribution in [3.8, 4) is 0 Å². The summed E-state index contributed by atoms with van der Waals surface area (Å²) in [5, 5.41) is 49.3. The second kappa shape index (κ2) is 14.3. The van der Waals surface area contributed by atoms with Gasteiger partial charge in [-0.3, -0.25) is 24.0 Å². The van der Waals surface area contributed by atoms with E-state index in [1.807, 2.05) is 5.32 Å². The fourth-order valence-electron chi connectivity index (χ4n) is 2.28. The molecular formula is C16H27N3O10. The van der Waals surface area contributed by atoms with Crippen LogP contribution in [0.3, 0.4) is 0 Å². The number of carboxylic acid groups (broad SMARTS) is 4. The van der Waals surface area contributed by atoms with Gasteiger partial charge in [0.1, 0.15) is 18.6 Å². The van der Waals surface area contributed by atoms with E-state index in [1.165, 1.54) is 0 Å². The van der Waals surface area contributed by atoms with Crippen molar-refractivity contribution in [3.63, 3.8) is 0 Å². The van der Waals surface area contributed by atoms with Crippen molar-refractivity contribution in [2.45, 2.75) is 50.3 Å². The third-order valence-electron chi connectivity index (χ3n) is 3.77. The van der Waals surface area contributed by atoms with Crippen LogP contribution in [-0.2, 0) is 24.0 Å². The van der Waals surface area contributed by atoms with Crippen LogP contribution in [0, 0.1) is 0 Å². The zero-order valence-corrected chi connectivity index (χ0v) is 15.7. The van der Waals surface area contributed by atoms with Gasteiger partial charge in [-0.25, -0.2) is 0 Å². The van der Waals surface area contributed by atoms with Gasteiger partial charge in [0.2, 0.25) is 5.91 Å². The Labute approximate surface area is 166 Å². The van der Waals surface area contributed by atoms with E-state index < -0.39 is 48.5 Å². The van der Waals surface area contributed by atoms with E-state index in [4.69, 9.17) is 25.5 Å². The molecule has 2 aliphatic rings. The molecule has 0 saturated carbocycles. The normalized spacial score (nSPS) is 22.3. The number of carbonyl (C=O) groups is 5. The summed E-state index contributed by atoms with van der Waals surface area (Å²) in [7, 11) is 0. The highest BCUT2D eigenvalue weighted by molar-refractivity contribution is 5.83. The highest BCUT2D eigenvalue weighted by Gasteiger charge is 2.27. The first-order valence-electron chi connectivity index (χ1n) is 8.83. The van der Waals surface area contributed by atoms with Crippen LogP contribution in [0.15, 0.2) is 0 Å². The molecule has 29 heavy (non-hydrogen) atoms. The van der Waals surface area contributed by atoms with Gasteiger partial charge < -0.3 is 41.5 Å². The average molecular weight is 421 g/mol. The number of carboxylic acids is 4. The molecule has 2 rings (SSSR count). The molecule has 0 aromatic heterocycles. The molecule has 166 valence electrons. The Morgan fingerprint density at radius 2 is 1.48 bits per heavy atom. The first-order chi connectivity index (χ1) is 13.5. The van der Waals surface area contributed by atoms with Crippen LogP contribution in [0.2, 0.25) is 0 Å². The van der Waals surface area contributed by atoms with Crippen molar-refractivity contribution < 1.29 is 49.5 Å². The third kappa shape index (κ3) is 14.0. The number of rotatable bonds is 7. The van der Waals surface area contributed by atoms with Crippen LogP contribution in [-0.4, -0.2) is 93.1 Å². The lowest BCUT2D eigenvalue weighted by Gasteiger charge is -1.99. The molecule has 3 atom stereocenters. The third-order valence-corrected chi connectivity index (χ3v) is 3.77. The van der Waals surface area contributed by atoms with Crippen LogP contribution in [0.25, 0.3) is 0 Å². The molecule has 0 unspecified atom stereocenters. The van der Waals surface area contributed by atoms with E-state index >= 15 is 0 Å². The Balaban J connectivity index is 0.000000414. The minimum atomic E-state index is -1.15. The lowest BCUT2D eigenvalue weighted by molar-refractivity contribution is -0.140. The number of nitrogens with one attached hydrogen (secondary N) is 3. The van der Waals surface area contributed by atoms with Crippen molar-refractivity contribution in [2.24, 2.45) is 0 Å². The molecule has 0 bridgehead atoms. The molecule has 2 heterocycles. The average Bonchev–Trinajstić information content (AvgIpc) is 3.31. The number of aliphatic hydroxyl groups excluding tert-OH is 1. The van der Waals surface area contributed by atoms with Crippen molar-refractivity contribution in [2.75, 3.05) is 19.6 Å². The summed E-state index contributed by atoms with van der Waals surface area (Å²) in [5.74, 6) is -4.41. The fraction of sp³-hybridized carbons (Fsp3) is 0.688. The topological polar surface area (TPSA) is 223 Å². The molecule has 8 N–H and O–H groups in total. The number of hydrogen-bond acceptors (Lipinski definition) is 8. The SMILES string of the molecule is O=C(O)CCC(=O)NCC(=O)O.O=C(O)[C@@H]1CCCN1.O=C(O)[C@@H]1C[C@@H](O)CN1. The van der Waals surface area contributed by atoms with Crippen LogP contribution < -0.4 is 16.0 Å². The Morgan fingerprint density at radius 1 is 0.862 bits per heavy atom. The second-order valence-electron chi connectivity index (χ2n) is 6.24. The highest BCUT2D eigenvalue weighted by Crippen LogP contribution is 2.05. The quantitative estimate of drug-likeness (QED) is 0.217. The molecule has 0 aromatic carbocycles. The van der Waals surface area contributed by atoms with Crippen molar-refractivity contribution in [1.82, 2.24) is 16.0 Å². The fourth-order valence-corrected chi connectivity index (χ4v) is 2.28. The minimum absolute atomic E-state index is 0.192. The zero-order chi connectivity index (χ0) is 22.4. The lowest BCUT2D eigenvalue weighted by atomic mass is 10.2. The molecule has 0 aliphatic carbocycles. The summed E-state index contributed by atoms with van der Waals surface area (Å²) < 4.78 is 0. The second-order valence-corrected chi connectivity index (χ2v) is 6.24. The molecule has 2 saturated heterocycles. The van der Waals surface area contributed by atoms with Gasteiger partial charge in [0.05, 0.1) is 12.5 Å². The first-order valence-corrected chi connectivity index (χ1v) is 8.83. The highest BCUT2D eigenvalue weighted by atomic mass is 16.4. The van der Waals surface area contributed by atoms with Gasteiger partial charge in [0, 0.05) is 19.4 Å². The Kier molecular flexibility index (Phi) is 12.9. The monoisotopic (exact) mass is 421 g/mol. The molecule has 2 aliphatic heterocycles. The van der Waals surface area contributed by atoms with Crippen LogP contribution >= 0.6 is 0 Å². The summed E-state index contributed by atoms with van der Waals surface area (Å²) in [6.45, 7) is 0.784. The van der Waals surface area contributed by atoms with Gasteiger partial charge in [0.25, 0.3) is 0 Å². The molecule has 0 aromatic rings. The van der Waals surface area contributed by atoms with Gasteiger partial charge in [-0.1, -0.05) is 0 Å². The lowest BCUT2D eigenvalue weighted by Crippen LogP contribution is -2.29. The van der Waals surface area contributed by atoms with Gasteiger partial charge in [0.15, 0.2) is 0 Å². The number of β-amino-alcohol motifs (C(OH)–C–C–N with tert-alkyl or cyclic N) is 1. The minimum Gasteiger partial charge on any atom is -0.481 e. The van der Waals surface area contributed by atoms with Crippen LogP contribution in [0.4, 0.5) is 0 Å². The summed E-state index contributed by atoms with van der Waals surface area (Å²) in [6, 6.07) is -0.810. The molecular weight excluding hydrogens is 394 g/mol.